The number of likely N-dealkylation sites (tertiary alicyclic amines) is 1. The predicted molar refractivity (Wildman–Crippen MR) is 99.5 cm³/mol. The van der Waals surface area contributed by atoms with Crippen molar-refractivity contribution in [3.05, 3.63) is 30.3 Å². The summed E-state index contributed by atoms with van der Waals surface area (Å²) in [5.41, 5.74) is 0.546. The van der Waals surface area contributed by atoms with Crippen LogP contribution in [0, 0.1) is 0 Å². The molecule has 144 valence electrons. The minimum atomic E-state index is -0.593. The normalized spacial score (nSPS) is 26.7. The number of nitrogens with one attached hydrogen (secondary N) is 2. The van der Waals surface area contributed by atoms with Crippen LogP contribution in [0.25, 0.3) is 0 Å². The van der Waals surface area contributed by atoms with Gasteiger partial charge in [0.05, 0.1) is 12.6 Å². The molecule has 3 heterocycles. The van der Waals surface area contributed by atoms with Gasteiger partial charge in [-0.25, -0.2) is 4.79 Å². The highest BCUT2D eigenvalue weighted by atomic mass is 16.7. The first-order valence-electron chi connectivity index (χ1n) is 9.39. The molecule has 0 unspecified atom stereocenters. The first kappa shape index (κ1) is 17.8. The smallest absolute Gasteiger partial charge is 0.321 e. The molecule has 0 aliphatic carbocycles. The number of hydrogen-bond acceptors (Lipinski definition) is 5. The zero-order valence-electron chi connectivity index (χ0n) is 15.1. The number of benzene rings is 1. The van der Waals surface area contributed by atoms with Gasteiger partial charge in [-0.15, -0.1) is 0 Å². The van der Waals surface area contributed by atoms with E-state index in [9.17, 15) is 9.59 Å². The van der Waals surface area contributed by atoms with E-state index >= 15 is 0 Å². The monoisotopic (exact) mass is 372 g/mol. The second-order valence-corrected chi connectivity index (χ2v) is 7.30. The maximum Gasteiger partial charge on any atom is 0.321 e. The third-order valence-electron chi connectivity index (χ3n) is 5.24. The van der Waals surface area contributed by atoms with Crippen LogP contribution in [0.3, 0.4) is 0 Å². The lowest BCUT2D eigenvalue weighted by Crippen LogP contribution is -2.40. The van der Waals surface area contributed by atoms with E-state index in [1.54, 1.807) is 4.90 Å². The van der Waals surface area contributed by atoms with Crippen molar-refractivity contribution >= 4 is 23.3 Å². The second kappa shape index (κ2) is 7.56. The van der Waals surface area contributed by atoms with Crippen LogP contribution in [0.5, 0.6) is 0 Å². The van der Waals surface area contributed by atoms with Crippen LogP contribution in [-0.4, -0.2) is 60.5 Å². The number of amides is 3. The summed E-state index contributed by atoms with van der Waals surface area (Å²) in [6, 6.07) is 9.16. The first-order chi connectivity index (χ1) is 13.1. The van der Waals surface area contributed by atoms with Crippen LogP contribution in [-0.2, 0) is 14.4 Å². The molecule has 2 N–H and O–H groups in total. The highest BCUT2D eigenvalue weighted by molar-refractivity contribution is 6.39. The van der Waals surface area contributed by atoms with Crippen molar-refractivity contribution in [2.24, 2.45) is 5.16 Å². The van der Waals surface area contributed by atoms with E-state index in [1.807, 2.05) is 30.3 Å². The Morgan fingerprint density at radius 3 is 2.93 bits per heavy atom. The molecule has 8 heteroatoms. The molecule has 0 radical (unpaired) electrons. The molecule has 4 rings (SSSR count). The maximum atomic E-state index is 12.4. The summed E-state index contributed by atoms with van der Waals surface area (Å²) in [6.45, 7) is 2.24. The number of nitrogens with zero attached hydrogens (tertiary/aromatic N) is 2. The van der Waals surface area contributed by atoms with E-state index in [4.69, 9.17) is 9.57 Å². The van der Waals surface area contributed by atoms with Crippen molar-refractivity contribution in [1.82, 2.24) is 10.2 Å². The molecule has 27 heavy (non-hydrogen) atoms. The summed E-state index contributed by atoms with van der Waals surface area (Å²) < 4.78 is 5.51. The van der Waals surface area contributed by atoms with Crippen molar-refractivity contribution in [3.8, 4) is 0 Å². The Balaban J connectivity index is 1.27. The van der Waals surface area contributed by atoms with E-state index in [1.165, 1.54) is 0 Å². The summed E-state index contributed by atoms with van der Waals surface area (Å²) in [5, 5.41) is 9.75. The molecule has 1 aromatic carbocycles. The predicted octanol–water partition coefficient (Wildman–Crippen LogP) is 1.73. The molecule has 2 saturated heterocycles. The fourth-order valence-corrected chi connectivity index (χ4v) is 3.72. The summed E-state index contributed by atoms with van der Waals surface area (Å²) in [5.74, 6) is -0.213. The fourth-order valence-electron chi connectivity index (χ4n) is 3.72. The van der Waals surface area contributed by atoms with E-state index in [0.717, 1.165) is 25.1 Å². The summed E-state index contributed by atoms with van der Waals surface area (Å²) in [6.07, 6.45) is 3.17. The zero-order chi connectivity index (χ0) is 18.7. The maximum absolute atomic E-state index is 12.4. The van der Waals surface area contributed by atoms with Gasteiger partial charge in [-0.1, -0.05) is 23.4 Å². The third kappa shape index (κ3) is 4.05. The van der Waals surface area contributed by atoms with Gasteiger partial charge >= 0.3 is 6.03 Å². The van der Waals surface area contributed by atoms with Gasteiger partial charge in [0.1, 0.15) is 5.71 Å². The number of para-hydroxylation sites is 1. The lowest BCUT2D eigenvalue weighted by molar-refractivity contribution is -0.115. The molecule has 3 aliphatic heterocycles. The molecule has 8 nitrogen and oxygen atoms in total. The third-order valence-corrected chi connectivity index (χ3v) is 5.24. The van der Waals surface area contributed by atoms with Crippen LogP contribution in [0.1, 0.15) is 25.7 Å². The van der Waals surface area contributed by atoms with Crippen LogP contribution in [0.15, 0.2) is 35.5 Å². The van der Waals surface area contributed by atoms with Crippen molar-refractivity contribution < 1.29 is 19.2 Å². The fraction of sp³-hybridized carbons (Fsp3) is 0.526. The molecule has 1 spiro atoms. The largest absolute Gasteiger partial charge is 0.386 e. The van der Waals surface area contributed by atoms with Crippen molar-refractivity contribution in [3.63, 3.8) is 0 Å². The van der Waals surface area contributed by atoms with Crippen molar-refractivity contribution in [2.45, 2.75) is 37.4 Å². The average molecular weight is 372 g/mol. The highest BCUT2D eigenvalue weighted by Crippen LogP contribution is 2.34. The molecular formula is C19H24N4O4. The minimum absolute atomic E-state index is 0.0921. The van der Waals surface area contributed by atoms with Crippen LogP contribution < -0.4 is 10.6 Å². The van der Waals surface area contributed by atoms with Gasteiger partial charge in [0, 0.05) is 38.2 Å². The number of carbonyl (C=O) groups is 2. The first-order valence-corrected chi connectivity index (χ1v) is 9.39. The quantitative estimate of drug-likeness (QED) is 0.842. The van der Waals surface area contributed by atoms with Crippen molar-refractivity contribution in [2.75, 3.05) is 31.6 Å². The zero-order valence-corrected chi connectivity index (χ0v) is 15.1. The standard InChI is InChI=1S/C19H24N4O4/c24-17(20-12-15-7-4-10-26-15)16-11-19(27-22-16)8-9-23(13-19)18(25)21-14-5-2-1-3-6-14/h1-3,5-6,15H,4,7-13H2,(H,20,24)(H,21,25)/t15-,19+/m1/s1. The van der Waals surface area contributed by atoms with Crippen LogP contribution in [0.2, 0.25) is 0 Å². The number of carbonyl (C=O) groups excluding carboxylic acids is 2. The molecule has 0 aromatic heterocycles. The molecule has 0 bridgehead atoms. The molecule has 3 amide bonds. The number of oxime groups is 1. The highest BCUT2D eigenvalue weighted by Gasteiger charge is 2.48. The lowest BCUT2D eigenvalue weighted by Gasteiger charge is -2.22. The van der Waals surface area contributed by atoms with E-state index in [2.05, 4.69) is 15.8 Å². The molecule has 1 aromatic rings. The molecule has 2 fully saturated rings. The summed E-state index contributed by atoms with van der Waals surface area (Å²) in [4.78, 5) is 32.1. The van der Waals surface area contributed by atoms with Crippen LogP contribution >= 0.6 is 0 Å². The summed E-state index contributed by atoms with van der Waals surface area (Å²) >= 11 is 0. The Hall–Kier alpha value is -2.61. The Bertz CT molecular complexity index is 732. The number of anilines is 1. The van der Waals surface area contributed by atoms with E-state index in [-0.39, 0.29) is 18.0 Å². The number of hydrogen-bond donors (Lipinski definition) is 2. The SMILES string of the molecule is O=C(NC[C@H]1CCCO1)C1=NO[C@@]2(CCN(C(=O)Nc3ccccc3)C2)C1. The number of rotatable bonds is 4. The van der Waals surface area contributed by atoms with Gasteiger partial charge in [0.25, 0.3) is 5.91 Å². The van der Waals surface area contributed by atoms with Crippen LogP contribution in [0.4, 0.5) is 10.5 Å². The van der Waals surface area contributed by atoms with Gasteiger partial charge < -0.3 is 25.1 Å². The molecule has 0 saturated carbocycles. The van der Waals surface area contributed by atoms with Gasteiger partial charge in [-0.05, 0) is 25.0 Å². The van der Waals surface area contributed by atoms with Gasteiger partial charge in [-0.2, -0.15) is 0 Å². The number of urea groups is 1. The topological polar surface area (TPSA) is 92.3 Å². The van der Waals surface area contributed by atoms with Crippen molar-refractivity contribution in [1.29, 1.82) is 0 Å². The Morgan fingerprint density at radius 1 is 1.30 bits per heavy atom. The minimum Gasteiger partial charge on any atom is -0.386 e. The van der Waals surface area contributed by atoms with E-state index < -0.39 is 5.60 Å². The Kier molecular flexibility index (Phi) is 4.98. The average Bonchev–Trinajstić information content (AvgIpc) is 3.43. The molecule has 2 atom stereocenters. The Labute approximate surface area is 157 Å². The van der Waals surface area contributed by atoms with Gasteiger partial charge in [-0.3, -0.25) is 4.79 Å². The second-order valence-electron chi connectivity index (χ2n) is 7.30. The number of ether oxygens (including phenoxy) is 1. The molecular weight excluding hydrogens is 348 g/mol. The van der Waals surface area contributed by atoms with Gasteiger partial charge in [0.15, 0.2) is 5.60 Å². The van der Waals surface area contributed by atoms with E-state index in [0.29, 0.717) is 38.2 Å². The van der Waals surface area contributed by atoms with Gasteiger partial charge in [0.2, 0.25) is 0 Å². The Morgan fingerprint density at radius 2 is 2.15 bits per heavy atom. The lowest BCUT2D eigenvalue weighted by atomic mass is 9.96. The molecule has 3 aliphatic rings. The summed E-state index contributed by atoms with van der Waals surface area (Å²) in [7, 11) is 0.